The molecule has 0 spiro atoms. The van der Waals surface area contributed by atoms with Crippen LogP contribution >= 0.6 is 0 Å². The van der Waals surface area contributed by atoms with Crippen LogP contribution in [0.25, 0.3) is 0 Å². The van der Waals surface area contributed by atoms with Crippen molar-refractivity contribution in [1.82, 2.24) is 10.4 Å². The topological polar surface area (TPSA) is 15.3 Å². The maximum absolute atomic E-state index is 3.94. The third-order valence-electron chi connectivity index (χ3n) is 2.87. The zero-order valence-electron chi connectivity index (χ0n) is 9.14. The fourth-order valence-corrected chi connectivity index (χ4v) is 2.04. The molecule has 1 N–H and O–H groups in total. The lowest BCUT2D eigenvalue weighted by Crippen LogP contribution is -2.33. The Kier molecular flexibility index (Phi) is 3.94. The molecular weight excluding hydrogens is 160 g/mol. The zero-order chi connectivity index (χ0) is 9.84. The highest BCUT2D eigenvalue weighted by Crippen LogP contribution is 2.21. The summed E-state index contributed by atoms with van der Waals surface area (Å²) in [6.07, 6.45) is 3.67. The Morgan fingerprint density at radius 3 is 2.85 bits per heavy atom. The molecule has 1 aliphatic rings. The molecule has 0 amide bonds. The van der Waals surface area contributed by atoms with Gasteiger partial charge in [-0.25, -0.2) is 5.01 Å². The van der Waals surface area contributed by atoms with Gasteiger partial charge < -0.3 is 0 Å². The van der Waals surface area contributed by atoms with E-state index in [2.05, 4.69) is 37.9 Å². The van der Waals surface area contributed by atoms with Crippen molar-refractivity contribution in [3.63, 3.8) is 0 Å². The number of hydrazine groups is 1. The Labute approximate surface area is 82.0 Å². The van der Waals surface area contributed by atoms with E-state index in [0.29, 0.717) is 6.04 Å². The lowest BCUT2D eigenvalue weighted by atomic mass is 9.94. The van der Waals surface area contributed by atoms with Gasteiger partial charge in [-0.05, 0) is 25.7 Å². The summed E-state index contributed by atoms with van der Waals surface area (Å²) in [5.74, 6) is 0.823. The smallest absolute Gasteiger partial charge is 0.0259 e. The summed E-state index contributed by atoms with van der Waals surface area (Å²) in [6, 6.07) is 0.673. The predicted octanol–water partition coefficient (Wildman–Crippen LogP) is 2.19. The molecule has 0 aromatic rings. The number of nitrogens with zero attached hydrogens (tertiary/aromatic N) is 1. The number of allylic oxidation sites excluding steroid dienone is 1. The van der Waals surface area contributed by atoms with E-state index in [1.54, 1.807) is 0 Å². The Hall–Kier alpha value is -0.340. The molecule has 0 aromatic carbocycles. The van der Waals surface area contributed by atoms with Gasteiger partial charge >= 0.3 is 0 Å². The van der Waals surface area contributed by atoms with Crippen molar-refractivity contribution in [1.29, 1.82) is 0 Å². The monoisotopic (exact) mass is 182 g/mol. The summed E-state index contributed by atoms with van der Waals surface area (Å²) >= 11 is 0. The number of rotatable bonds is 4. The van der Waals surface area contributed by atoms with Gasteiger partial charge in [0, 0.05) is 19.6 Å². The lowest BCUT2D eigenvalue weighted by molar-refractivity contribution is 0.286. The third-order valence-corrected chi connectivity index (χ3v) is 2.87. The second-order valence-corrected chi connectivity index (χ2v) is 4.28. The van der Waals surface area contributed by atoms with Gasteiger partial charge in [0.15, 0.2) is 0 Å². The highest BCUT2D eigenvalue weighted by atomic mass is 15.5. The van der Waals surface area contributed by atoms with E-state index in [1.807, 2.05) is 0 Å². The molecule has 1 fully saturated rings. The first-order chi connectivity index (χ1) is 6.13. The van der Waals surface area contributed by atoms with E-state index in [9.17, 15) is 0 Å². The first kappa shape index (κ1) is 10.7. The van der Waals surface area contributed by atoms with Crippen LogP contribution in [0.4, 0.5) is 0 Å². The molecule has 1 saturated heterocycles. The number of hydrogen-bond donors (Lipinski definition) is 1. The molecule has 13 heavy (non-hydrogen) atoms. The van der Waals surface area contributed by atoms with Gasteiger partial charge in [-0.2, -0.15) is 0 Å². The molecule has 76 valence electrons. The summed E-state index contributed by atoms with van der Waals surface area (Å²) in [6.45, 7) is 9.52. The average Bonchev–Trinajstić information content (AvgIpc) is 2.42. The maximum Gasteiger partial charge on any atom is 0.0259 e. The van der Waals surface area contributed by atoms with Crippen molar-refractivity contribution in [2.24, 2.45) is 5.92 Å². The molecule has 2 nitrogen and oxygen atoms in total. The highest BCUT2D eigenvalue weighted by Gasteiger charge is 2.28. The summed E-state index contributed by atoms with van der Waals surface area (Å²) in [4.78, 5) is 0. The average molecular weight is 182 g/mol. The van der Waals surface area contributed by atoms with Gasteiger partial charge in [-0.3, -0.25) is 5.43 Å². The second-order valence-electron chi connectivity index (χ2n) is 4.28. The summed E-state index contributed by atoms with van der Waals surface area (Å²) in [5.41, 5.74) is 4.80. The maximum atomic E-state index is 3.94. The molecule has 1 rings (SSSR count). The van der Waals surface area contributed by atoms with Gasteiger partial charge in [0.2, 0.25) is 0 Å². The largest absolute Gasteiger partial charge is 0.252 e. The van der Waals surface area contributed by atoms with Crippen LogP contribution in [0.1, 0.15) is 33.1 Å². The third kappa shape index (κ3) is 3.12. The van der Waals surface area contributed by atoms with Crippen LogP contribution in [0, 0.1) is 5.92 Å². The summed E-state index contributed by atoms with van der Waals surface area (Å²) < 4.78 is 0. The molecule has 0 aromatic heterocycles. The minimum atomic E-state index is 0.673. The van der Waals surface area contributed by atoms with Gasteiger partial charge in [-0.15, -0.1) is 6.58 Å². The van der Waals surface area contributed by atoms with Crippen LogP contribution in [0.15, 0.2) is 12.2 Å². The Bertz CT molecular complexity index is 177. The quantitative estimate of drug-likeness (QED) is 0.670. The molecule has 1 aliphatic heterocycles. The normalized spacial score (nSPS) is 29.5. The van der Waals surface area contributed by atoms with Gasteiger partial charge in [0.05, 0.1) is 0 Å². The molecule has 2 unspecified atom stereocenters. The SMILES string of the molecule is C=C(C)CCC1NN(C)CC1CC. The number of nitrogens with one attached hydrogen (secondary N) is 1. The standard InChI is InChI=1S/C11H22N2/c1-5-10-8-13(4)12-11(10)7-6-9(2)3/h10-12H,2,5-8H2,1,3-4H3. The molecule has 0 radical (unpaired) electrons. The van der Waals surface area contributed by atoms with Crippen LogP contribution in [0.3, 0.4) is 0 Å². The zero-order valence-corrected chi connectivity index (χ0v) is 9.14. The minimum absolute atomic E-state index is 0.673. The van der Waals surface area contributed by atoms with Crippen molar-refractivity contribution in [2.75, 3.05) is 13.6 Å². The van der Waals surface area contributed by atoms with Crippen LogP contribution in [-0.4, -0.2) is 24.6 Å². The van der Waals surface area contributed by atoms with Gasteiger partial charge in [0.25, 0.3) is 0 Å². The molecule has 2 heteroatoms. The Morgan fingerprint density at radius 1 is 1.62 bits per heavy atom. The van der Waals surface area contributed by atoms with Gasteiger partial charge in [-0.1, -0.05) is 18.9 Å². The van der Waals surface area contributed by atoms with E-state index < -0.39 is 0 Å². The van der Waals surface area contributed by atoms with E-state index in [1.165, 1.54) is 25.0 Å². The first-order valence-corrected chi connectivity index (χ1v) is 5.25. The highest BCUT2D eigenvalue weighted by molar-refractivity contribution is 4.92. The van der Waals surface area contributed by atoms with E-state index in [-0.39, 0.29) is 0 Å². The van der Waals surface area contributed by atoms with Crippen molar-refractivity contribution in [3.8, 4) is 0 Å². The van der Waals surface area contributed by atoms with Crippen LogP contribution in [-0.2, 0) is 0 Å². The van der Waals surface area contributed by atoms with E-state index >= 15 is 0 Å². The first-order valence-electron chi connectivity index (χ1n) is 5.25. The van der Waals surface area contributed by atoms with Crippen LogP contribution in [0.5, 0.6) is 0 Å². The van der Waals surface area contributed by atoms with Crippen LogP contribution < -0.4 is 5.43 Å². The van der Waals surface area contributed by atoms with Crippen molar-refractivity contribution >= 4 is 0 Å². The lowest BCUT2D eigenvalue weighted by Gasteiger charge is -2.16. The van der Waals surface area contributed by atoms with Crippen molar-refractivity contribution in [2.45, 2.75) is 39.2 Å². The molecule has 2 atom stereocenters. The fourth-order valence-electron chi connectivity index (χ4n) is 2.04. The van der Waals surface area contributed by atoms with Gasteiger partial charge in [0.1, 0.15) is 0 Å². The molecular formula is C11H22N2. The molecule has 0 aliphatic carbocycles. The molecule has 0 saturated carbocycles. The van der Waals surface area contributed by atoms with E-state index in [4.69, 9.17) is 0 Å². The number of hydrogen-bond acceptors (Lipinski definition) is 2. The Balaban J connectivity index is 2.35. The van der Waals surface area contributed by atoms with Crippen molar-refractivity contribution in [3.05, 3.63) is 12.2 Å². The minimum Gasteiger partial charge on any atom is -0.252 e. The predicted molar refractivity (Wildman–Crippen MR) is 57.4 cm³/mol. The molecule has 1 heterocycles. The summed E-state index contributed by atoms with van der Waals surface area (Å²) in [5, 5.41) is 2.22. The van der Waals surface area contributed by atoms with Crippen molar-refractivity contribution < 1.29 is 0 Å². The second kappa shape index (κ2) is 4.77. The summed E-state index contributed by atoms with van der Waals surface area (Å²) in [7, 11) is 2.13. The van der Waals surface area contributed by atoms with Crippen LogP contribution in [0.2, 0.25) is 0 Å². The molecule has 0 bridgehead atoms. The fraction of sp³-hybridized carbons (Fsp3) is 0.818. The van der Waals surface area contributed by atoms with E-state index in [0.717, 1.165) is 12.3 Å². The Morgan fingerprint density at radius 2 is 2.31 bits per heavy atom.